The van der Waals surface area contributed by atoms with E-state index in [2.05, 4.69) is 32.8 Å². The first-order valence-electron chi connectivity index (χ1n) is 9.01. The molecule has 10 heteroatoms. The fourth-order valence-corrected chi connectivity index (χ4v) is 3.81. The Morgan fingerprint density at radius 2 is 1.58 bits per heavy atom. The topological polar surface area (TPSA) is 107 Å². The lowest BCUT2D eigenvalue weighted by atomic mass is 10.0. The number of carbonyl (C=O) groups excluding carboxylic acids is 1. The maximum atomic E-state index is 12.9. The van der Waals surface area contributed by atoms with E-state index in [-0.39, 0.29) is 5.91 Å². The van der Waals surface area contributed by atoms with Gasteiger partial charge in [0.15, 0.2) is 0 Å². The molecule has 0 radical (unpaired) electrons. The Hall–Kier alpha value is -1.88. The minimum atomic E-state index is -1.82. The number of aryl methyl sites for hydroxylation is 1. The van der Waals surface area contributed by atoms with Crippen molar-refractivity contribution in [2.45, 2.75) is 16.9 Å². The largest absolute Gasteiger partial charge is 0.473 e. The van der Waals surface area contributed by atoms with Gasteiger partial charge in [-0.15, -0.1) is 0 Å². The number of nitrogens with zero attached hydrogens (tertiary/aromatic N) is 1. The van der Waals surface area contributed by atoms with Gasteiger partial charge in [-0.3, -0.25) is 4.79 Å². The lowest BCUT2D eigenvalue weighted by Crippen LogP contribution is -2.43. The summed E-state index contributed by atoms with van der Waals surface area (Å²) < 4.78 is -0.560. The van der Waals surface area contributed by atoms with Gasteiger partial charge in [0.2, 0.25) is 0 Å². The van der Waals surface area contributed by atoms with Crippen LogP contribution in [-0.2, 0) is 13.1 Å². The van der Waals surface area contributed by atoms with Crippen molar-refractivity contribution in [1.29, 1.82) is 0 Å². The molecule has 0 fully saturated rings. The molecule has 0 aliphatic heterocycles. The number of aliphatic carboxylic acids is 2. The van der Waals surface area contributed by atoms with E-state index in [1.807, 2.05) is 57.4 Å². The van der Waals surface area contributed by atoms with Crippen LogP contribution in [0.5, 0.6) is 0 Å². The van der Waals surface area contributed by atoms with Crippen LogP contribution in [0.2, 0.25) is 10.0 Å². The third-order valence-corrected chi connectivity index (χ3v) is 6.15. The van der Waals surface area contributed by atoms with E-state index < -0.39 is 15.5 Å². The van der Waals surface area contributed by atoms with E-state index in [0.29, 0.717) is 15.6 Å². The highest BCUT2D eigenvalue weighted by atomic mass is 127. The molecule has 31 heavy (non-hydrogen) atoms. The second-order valence-electron chi connectivity index (χ2n) is 6.86. The summed E-state index contributed by atoms with van der Waals surface area (Å²) in [7, 11) is 4.03. The van der Waals surface area contributed by atoms with Crippen molar-refractivity contribution in [3.8, 4) is 0 Å². The molecule has 0 saturated heterocycles. The third-order valence-electron chi connectivity index (χ3n) is 4.15. The van der Waals surface area contributed by atoms with Crippen LogP contribution in [0.4, 0.5) is 0 Å². The van der Waals surface area contributed by atoms with Crippen LogP contribution in [-0.4, -0.2) is 53.6 Å². The van der Waals surface area contributed by atoms with Crippen LogP contribution in [0, 0.1) is 6.92 Å². The number of rotatable bonds is 6. The fourth-order valence-electron chi connectivity index (χ4n) is 2.53. The molecule has 2 aromatic rings. The van der Waals surface area contributed by atoms with Gasteiger partial charge in [0.25, 0.3) is 5.91 Å². The molecule has 7 nitrogen and oxygen atoms in total. The number of carboxylic acid groups (broad SMARTS) is 2. The van der Waals surface area contributed by atoms with Crippen molar-refractivity contribution in [2.75, 3.05) is 20.6 Å². The zero-order valence-corrected chi connectivity index (χ0v) is 20.8. The van der Waals surface area contributed by atoms with Gasteiger partial charge in [-0.25, -0.2) is 9.59 Å². The summed E-state index contributed by atoms with van der Waals surface area (Å²) in [4.78, 5) is 33.2. The number of benzene rings is 2. The molecule has 0 spiro atoms. The highest BCUT2D eigenvalue weighted by molar-refractivity contribution is 14.1. The number of alkyl halides is 1. The van der Waals surface area contributed by atoms with Crippen molar-refractivity contribution in [3.63, 3.8) is 0 Å². The van der Waals surface area contributed by atoms with Gasteiger partial charge in [-0.05, 0) is 79.4 Å². The van der Waals surface area contributed by atoms with Crippen molar-refractivity contribution in [1.82, 2.24) is 10.2 Å². The lowest BCUT2D eigenvalue weighted by molar-refractivity contribution is -0.159. The highest BCUT2D eigenvalue weighted by Gasteiger charge is 2.32. The van der Waals surface area contributed by atoms with E-state index in [1.54, 1.807) is 6.07 Å². The van der Waals surface area contributed by atoms with Crippen LogP contribution in [0.15, 0.2) is 42.5 Å². The maximum absolute atomic E-state index is 12.9. The summed E-state index contributed by atoms with van der Waals surface area (Å²) in [5.74, 6) is -3.82. The summed E-state index contributed by atoms with van der Waals surface area (Å²) >= 11 is 14.6. The molecule has 0 aliphatic carbocycles. The monoisotopic (exact) mass is 580 g/mol. The van der Waals surface area contributed by atoms with Crippen LogP contribution in [0.3, 0.4) is 0 Å². The predicted octanol–water partition coefficient (Wildman–Crippen LogP) is 4.43. The molecular weight excluding hydrogens is 558 g/mol. The molecule has 0 bridgehead atoms. The van der Waals surface area contributed by atoms with Gasteiger partial charge in [-0.2, -0.15) is 0 Å². The molecule has 0 heterocycles. The molecule has 1 atom stereocenters. The predicted molar refractivity (Wildman–Crippen MR) is 129 cm³/mol. The second-order valence-corrected chi connectivity index (χ2v) is 9.54. The summed E-state index contributed by atoms with van der Waals surface area (Å²) in [5, 5.41) is 19.1. The Labute approximate surface area is 204 Å². The van der Waals surface area contributed by atoms with Crippen LogP contribution < -0.4 is 5.32 Å². The highest BCUT2D eigenvalue weighted by Crippen LogP contribution is 2.34. The summed E-state index contributed by atoms with van der Waals surface area (Å²) in [6.45, 7) is 2.71. The van der Waals surface area contributed by atoms with Crippen molar-refractivity contribution in [2.24, 2.45) is 0 Å². The van der Waals surface area contributed by atoms with E-state index in [4.69, 9.17) is 43.0 Å². The molecular formula is C21H23Cl2IN2O5. The first-order valence-corrected chi connectivity index (χ1v) is 10.8. The van der Waals surface area contributed by atoms with Gasteiger partial charge in [0.1, 0.15) is 3.55 Å². The number of halogens is 3. The van der Waals surface area contributed by atoms with E-state index in [1.165, 1.54) is 0 Å². The van der Waals surface area contributed by atoms with Crippen molar-refractivity contribution >= 4 is 63.6 Å². The van der Waals surface area contributed by atoms with Crippen molar-refractivity contribution < 1.29 is 24.6 Å². The molecule has 1 unspecified atom stereocenters. The Balaban J connectivity index is 0.000000703. The van der Waals surface area contributed by atoms with E-state index in [9.17, 15) is 4.79 Å². The number of nitrogens with one attached hydrogen (secondary N) is 1. The smallest absolute Gasteiger partial charge is 0.414 e. The van der Waals surface area contributed by atoms with E-state index >= 15 is 0 Å². The zero-order chi connectivity index (χ0) is 23.8. The summed E-state index contributed by atoms with van der Waals surface area (Å²) in [6, 6.07) is 13.0. The molecule has 2 rings (SSSR count). The number of amides is 1. The average molecular weight is 581 g/mol. The van der Waals surface area contributed by atoms with Crippen molar-refractivity contribution in [3.05, 3.63) is 69.2 Å². The van der Waals surface area contributed by atoms with Crippen LogP contribution in [0.25, 0.3) is 0 Å². The Morgan fingerprint density at radius 1 is 1.03 bits per heavy atom. The average Bonchev–Trinajstić information content (AvgIpc) is 2.67. The number of carbonyl (C=O) groups is 3. The molecule has 3 N–H and O–H groups in total. The number of hydrogen-bond donors (Lipinski definition) is 3. The van der Waals surface area contributed by atoms with Gasteiger partial charge < -0.3 is 20.4 Å². The lowest BCUT2D eigenvalue weighted by Gasteiger charge is -2.31. The van der Waals surface area contributed by atoms with Gasteiger partial charge in [0.05, 0.1) is 10.6 Å². The number of carboxylic acids is 2. The van der Waals surface area contributed by atoms with Gasteiger partial charge in [-0.1, -0.05) is 47.5 Å². The minimum absolute atomic E-state index is 0.175. The Kier molecular flexibility index (Phi) is 10.7. The summed E-state index contributed by atoms with van der Waals surface area (Å²) in [6.07, 6.45) is 0.747. The first kappa shape index (κ1) is 27.2. The Bertz CT molecular complexity index is 906. The summed E-state index contributed by atoms with van der Waals surface area (Å²) in [5.41, 5.74) is 2.37. The first-order chi connectivity index (χ1) is 14.4. The maximum Gasteiger partial charge on any atom is 0.414 e. The minimum Gasteiger partial charge on any atom is -0.473 e. The standard InChI is InChI=1S/C19H21Cl2IN2O.C2H2O4/c1-13-5-4-6-16(21)17(13)18(25)23-19(22,11-12-24(2)3)14-7-9-15(20)10-8-14;3-1(4)2(5)6/h4-10H,11-12H2,1-3H3,(H,23,25);(H,3,4)(H,5,6). The molecule has 0 saturated carbocycles. The van der Waals surface area contributed by atoms with E-state index in [0.717, 1.165) is 24.1 Å². The quantitative estimate of drug-likeness (QED) is 0.202. The zero-order valence-electron chi connectivity index (χ0n) is 17.2. The molecule has 1 amide bonds. The molecule has 168 valence electrons. The molecule has 0 aromatic heterocycles. The molecule has 0 aliphatic rings. The fraction of sp³-hybridized carbons (Fsp3) is 0.286. The Morgan fingerprint density at radius 3 is 2.03 bits per heavy atom. The third kappa shape index (κ3) is 8.64. The van der Waals surface area contributed by atoms with Crippen LogP contribution >= 0.6 is 45.8 Å². The molecule has 2 aromatic carbocycles. The SMILES string of the molecule is Cc1cccc(Cl)c1C(=O)NC(I)(CCN(C)C)c1ccc(Cl)cc1.O=C(O)C(=O)O. The number of hydrogen-bond acceptors (Lipinski definition) is 4. The normalized spacial score (nSPS) is 12.4. The van der Waals surface area contributed by atoms with Gasteiger partial charge >= 0.3 is 11.9 Å². The second kappa shape index (κ2) is 12.2. The van der Waals surface area contributed by atoms with Crippen LogP contribution in [0.1, 0.15) is 27.9 Å². The van der Waals surface area contributed by atoms with Gasteiger partial charge in [0, 0.05) is 11.6 Å².